The number of anilines is 1. The van der Waals surface area contributed by atoms with Crippen molar-refractivity contribution in [3.05, 3.63) is 24.0 Å². The van der Waals surface area contributed by atoms with Crippen molar-refractivity contribution < 1.29 is 14.7 Å². The van der Waals surface area contributed by atoms with Gasteiger partial charge in [-0.3, -0.25) is 9.89 Å². The zero-order chi connectivity index (χ0) is 12.3. The van der Waals surface area contributed by atoms with E-state index in [9.17, 15) is 9.59 Å². The first-order valence-electron chi connectivity index (χ1n) is 5.41. The van der Waals surface area contributed by atoms with Gasteiger partial charge in [0.25, 0.3) is 0 Å². The molecule has 1 heterocycles. The molecule has 1 aliphatic rings. The molecule has 0 aromatic carbocycles. The molecule has 1 aromatic rings. The van der Waals surface area contributed by atoms with Crippen LogP contribution in [0.25, 0.3) is 0 Å². The summed E-state index contributed by atoms with van der Waals surface area (Å²) in [7, 11) is 0. The Morgan fingerprint density at radius 2 is 2.29 bits per heavy atom. The van der Waals surface area contributed by atoms with E-state index < -0.39 is 5.97 Å². The summed E-state index contributed by atoms with van der Waals surface area (Å²) in [5.74, 6) is -1.38. The van der Waals surface area contributed by atoms with Crippen molar-refractivity contribution in [1.82, 2.24) is 10.2 Å². The van der Waals surface area contributed by atoms with Crippen LogP contribution in [0.15, 0.2) is 18.3 Å². The summed E-state index contributed by atoms with van der Waals surface area (Å²) in [5.41, 5.74) is 0.127. The molecule has 0 aliphatic heterocycles. The Morgan fingerprint density at radius 1 is 1.47 bits per heavy atom. The number of H-pyrrole nitrogens is 1. The minimum Gasteiger partial charge on any atom is -0.476 e. The van der Waals surface area contributed by atoms with Crippen LogP contribution < -0.4 is 5.32 Å². The molecular weight excluding hydrogens is 222 g/mol. The minimum absolute atomic E-state index is 0.0865. The van der Waals surface area contributed by atoms with Gasteiger partial charge in [-0.15, -0.1) is 0 Å². The quantitative estimate of drug-likeness (QED) is 0.690. The molecule has 1 aromatic heterocycles. The zero-order valence-corrected chi connectivity index (χ0v) is 9.14. The Bertz CT molecular complexity index is 464. The van der Waals surface area contributed by atoms with E-state index in [0.29, 0.717) is 6.42 Å². The van der Waals surface area contributed by atoms with Gasteiger partial charge in [0.1, 0.15) is 0 Å². The molecule has 0 radical (unpaired) electrons. The second-order valence-corrected chi connectivity index (χ2v) is 3.93. The van der Waals surface area contributed by atoms with Crippen molar-refractivity contribution in [3.63, 3.8) is 0 Å². The highest BCUT2D eigenvalue weighted by Gasteiger charge is 2.21. The summed E-state index contributed by atoms with van der Waals surface area (Å²) in [6, 6.07) is 0. The van der Waals surface area contributed by atoms with Crippen LogP contribution in [0.3, 0.4) is 0 Å². The van der Waals surface area contributed by atoms with E-state index in [1.807, 2.05) is 12.2 Å². The number of aromatic carboxylic acids is 1. The van der Waals surface area contributed by atoms with Crippen molar-refractivity contribution in [3.8, 4) is 0 Å². The summed E-state index contributed by atoms with van der Waals surface area (Å²) in [6.45, 7) is 0. The highest BCUT2D eigenvalue weighted by molar-refractivity contribution is 5.99. The molecule has 90 valence electrons. The minimum atomic E-state index is -1.14. The number of carbonyl (C=O) groups excluding carboxylic acids is 1. The van der Waals surface area contributed by atoms with Crippen LogP contribution in [0.2, 0.25) is 0 Å². The predicted octanol–water partition coefficient (Wildman–Crippen LogP) is 1.40. The fraction of sp³-hybridized carbons (Fsp3) is 0.364. The summed E-state index contributed by atoms with van der Waals surface area (Å²) < 4.78 is 0. The molecule has 1 aliphatic carbocycles. The third-order valence-corrected chi connectivity index (χ3v) is 2.75. The van der Waals surface area contributed by atoms with Gasteiger partial charge < -0.3 is 10.4 Å². The first kappa shape index (κ1) is 11.4. The van der Waals surface area contributed by atoms with Crippen molar-refractivity contribution in [2.75, 3.05) is 5.32 Å². The number of aromatic amines is 1. The summed E-state index contributed by atoms with van der Waals surface area (Å²) in [5, 5.41) is 17.4. The number of rotatable bonds is 3. The molecule has 1 amide bonds. The third kappa shape index (κ3) is 2.52. The molecule has 3 N–H and O–H groups in total. The number of hydrogen-bond donors (Lipinski definition) is 3. The molecular formula is C11H13N3O3. The lowest BCUT2D eigenvalue weighted by atomic mass is 9.93. The summed E-state index contributed by atoms with van der Waals surface area (Å²) in [4.78, 5) is 22.7. The summed E-state index contributed by atoms with van der Waals surface area (Å²) in [6.07, 6.45) is 7.70. The van der Waals surface area contributed by atoms with Gasteiger partial charge in [0, 0.05) is 5.92 Å². The third-order valence-electron chi connectivity index (χ3n) is 2.75. The van der Waals surface area contributed by atoms with E-state index in [0.717, 1.165) is 12.8 Å². The average molecular weight is 235 g/mol. The van der Waals surface area contributed by atoms with Gasteiger partial charge in [0.05, 0.1) is 11.9 Å². The Hall–Kier alpha value is -2.11. The fourth-order valence-electron chi connectivity index (χ4n) is 1.81. The fourth-order valence-corrected chi connectivity index (χ4v) is 1.81. The lowest BCUT2D eigenvalue weighted by Gasteiger charge is -2.16. The van der Waals surface area contributed by atoms with E-state index in [2.05, 4.69) is 15.5 Å². The van der Waals surface area contributed by atoms with E-state index in [4.69, 9.17) is 5.11 Å². The van der Waals surface area contributed by atoms with Gasteiger partial charge in [0.2, 0.25) is 5.91 Å². The molecule has 1 atom stereocenters. The second-order valence-electron chi connectivity index (χ2n) is 3.93. The Balaban J connectivity index is 2.05. The molecule has 17 heavy (non-hydrogen) atoms. The van der Waals surface area contributed by atoms with E-state index in [-0.39, 0.29) is 23.2 Å². The smallest absolute Gasteiger partial charge is 0.356 e. The van der Waals surface area contributed by atoms with Gasteiger partial charge in [-0.25, -0.2) is 4.79 Å². The Morgan fingerprint density at radius 3 is 2.94 bits per heavy atom. The number of allylic oxidation sites excluding steroid dienone is 2. The van der Waals surface area contributed by atoms with E-state index >= 15 is 0 Å². The topological polar surface area (TPSA) is 95.1 Å². The van der Waals surface area contributed by atoms with Crippen molar-refractivity contribution in [2.45, 2.75) is 19.3 Å². The van der Waals surface area contributed by atoms with Crippen molar-refractivity contribution in [2.24, 2.45) is 5.92 Å². The monoisotopic (exact) mass is 235 g/mol. The molecule has 0 saturated heterocycles. The van der Waals surface area contributed by atoms with Crippen LogP contribution in [0, 0.1) is 5.92 Å². The molecule has 0 bridgehead atoms. The first-order valence-corrected chi connectivity index (χ1v) is 5.41. The van der Waals surface area contributed by atoms with Crippen LogP contribution in [0.5, 0.6) is 0 Å². The number of nitrogens with one attached hydrogen (secondary N) is 2. The van der Waals surface area contributed by atoms with Crippen molar-refractivity contribution in [1.29, 1.82) is 0 Å². The number of nitrogens with zero attached hydrogens (tertiary/aromatic N) is 1. The molecule has 0 spiro atoms. The second kappa shape index (κ2) is 4.82. The number of carboxylic acids is 1. The van der Waals surface area contributed by atoms with Gasteiger partial charge in [-0.05, 0) is 19.3 Å². The van der Waals surface area contributed by atoms with Crippen LogP contribution >= 0.6 is 0 Å². The van der Waals surface area contributed by atoms with Gasteiger partial charge in [-0.2, -0.15) is 5.10 Å². The molecule has 2 rings (SSSR count). The maximum Gasteiger partial charge on any atom is 0.356 e. The van der Waals surface area contributed by atoms with Crippen LogP contribution in [-0.2, 0) is 4.79 Å². The Kier molecular flexibility index (Phi) is 3.22. The molecule has 1 unspecified atom stereocenters. The van der Waals surface area contributed by atoms with Gasteiger partial charge in [0.15, 0.2) is 5.69 Å². The average Bonchev–Trinajstić information content (AvgIpc) is 2.78. The van der Waals surface area contributed by atoms with E-state index in [1.165, 1.54) is 6.20 Å². The predicted molar refractivity (Wildman–Crippen MR) is 60.7 cm³/mol. The standard InChI is InChI=1S/C11H13N3O3/c15-10(7-4-2-1-3-5-7)13-8-6-12-14-9(8)11(16)17/h1-2,6-7H,3-5H2,(H,12,14)(H,13,15)(H,16,17). The number of hydrogen-bond acceptors (Lipinski definition) is 3. The molecule has 0 fully saturated rings. The van der Waals surface area contributed by atoms with Crippen LogP contribution in [0.1, 0.15) is 29.8 Å². The lowest BCUT2D eigenvalue weighted by Crippen LogP contribution is -2.24. The number of carboxylic acid groups (broad SMARTS) is 1. The SMILES string of the molecule is O=C(O)c1[nH]ncc1NC(=O)C1CC=CCC1. The van der Waals surface area contributed by atoms with Crippen molar-refractivity contribution >= 4 is 17.6 Å². The zero-order valence-electron chi connectivity index (χ0n) is 9.14. The van der Waals surface area contributed by atoms with Crippen LogP contribution in [0.4, 0.5) is 5.69 Å². The number of carbonyl (C=O) groups is 2. The number of aromatic nitrogens is 2. The highest BCUT2D eigenvalue weighted by atomic mass is 16.4. The highest BCUT2D eigenvalue weighted by Crippen LogP contribution is 2.21. The molecule has 6 nitrogen and oxygen atoms in total. The lowest BCUT2D eigenvalue weighted by molar-refractivity contribution is -0.120. The maximum absolute atomic E-state index is 11.9. The van der Waals surface area contributed by atoms with Gasteiger partial charge >= 0.3 is 5.97 Å². The number of amides is 1. The molecule has 0 saturated carbocycles. The Labute approximate surface area is 97.7 Å². The first-order chi connectivity index (χ1) is 8.18. The largest absolute Gasteiger partial charge is 0.476 e. The van der Waals surface area contributed by atoms with E-state index in [1.54, 1.807) is 0 Å². The summed E-state index contributed by atoms with van der Waals surface area (Å²) >= 11 is 0. The van der Waals surface area contributed by atoms with Gasteiger partial charge in [-0.1, -0.05) is 12.2 Å². The molecule has 6 heteroatoms. The van der Waals surface area contributed by atoms with Crippen LogP contribution in [-0.4, -0.2) is 27.2 Å². The normalized spacial score (nSPS) is 18.9. The maximum atomic E-state index is 11.9.